The SMILES string of the molecule is C.C1CNCCN2CCNCCNCCN(CCN1)CCNCCNCC2.c1c2cc3cc1CNCCCNCCN(CCNCCCNC2)CCNCCCNC3. The topological polar surface area (TPSA) is 154 Å². The van der Waals surface area contributed by atoms with Crippen LogP contribution in [0.5, 0.6) is 0 Å². The lowest BCUT2D eigenvalue weighted by molar-refractivity contribution is 0.261. The highest BCUT2D eigenvalue weighted by Gasteiger charge is 2.09. The Morgan fingerprint density at radius 3 is 0.655 bits per heavy atom. The van der Waals surface area contributed by atoms with Gasteiger partial charge in [-0.25, -0.2) is 0 Å². The van der Waals surface area contributed by atoms with Gasteiger partial charge in [0.05, 0.1) is 0 Å². The van der Waals surface area contributed by atoms with E-state index in [4.69, 9.17) is 0 Å². The van der Waals surface area contributed by atoms with Crippen LogP contribution >= 0.6 is 0 Å². The Morgan fingerprint density at radius 1 is 0.241 bits per heavy atom. The van der Waals surface area contributed by atoms with E-state index in [2.05, 4.69) is 96.7 Å². The van der Waals surface area contributed by atoms with Crippen molar-refractivity contribution >= 4 is 0 Å². The van der Waals surface area contributed by atoms with Gasteiger partial charge >= 0.3 is 0 Å². The van der Waals surface area contributed by atoms with E-state index in [1.807, 2.05) is 0 Å². The number of rotatable bonds is 0. The van der Waals surface area contributed by atoms with Gasteiger partial charge in [-0.3, -0.25) is 14.7 Å². The fourth-order valence-electron chi connectivity index (χ4n) is 7.66. The van der Waals surface area contributed by atoms with Crippen molar-refractivity contribution < 1.29 is 0 Å². The second-order valence-electron chi connectivity index (χ2n) is 16.0. The number of benzene rings is 1. The van der Waals surface area contributed by atoms with Gasteiger partial charge in [0.25, 0.3) is 0 Å². The molecule has 6 aliphatic heterocycles. The Balaban J connectivity index is 0.000000310. The zero-order chi connectivity index (χ0) is 39.5. The first kappa shape index (κ1) is 51.0. The molecule has 3 fully saturated rings. The molecule has 0 aromatic heterocycles. The summed E-state index contributed by atoms with van der Waals surface area (Å²) in [4.78, 5) is 7.71. The largest absolute Gasteiger partial charge is 0.315 e. The summed E-state index contributed by atoms with van der Waals surface area (Å²) in [6, 6.07) is 7.09. The van der Waals surface area contributed by atoms with Crippen LogP contribution in [-0.4, -0.2) is 211 Å². The minimum Gasteiger partial charge on any atom is -0.315 e. The van der Waals surface area contributed by atoms with Gasteiger partial charge in [0.15, 0.2) is 0 Å². The molecule has 0 saturated carbocycles. The van der Waals surface area contributed by atoms with Gasteiger partial charge in [-0.05, 0) is 75.2 Å². The molecule has 0 atom stereocenters. The molecule has 15 heteroatoms. The van der Waals surface area contributed by atoms with Crippen LogP contribution in [0.25, 0.3) is 0 Å². The molecular weight excluding hydrogens is 727 g/mol. The number of nitrogens with one attached hydrogen (secondary N) is 12. The molecule has 0 unspecified atom stereocenters. The molecule has 0 radical (unpaired) electrons. The lowest BCUT2D eigenvalue weighted by Gasteiger charge is -2.25. The van der Waals surface area contributed by atoms with Gasteiger partial charge in [-0.2, -0.15) is 0 Å². The Hall–Kier alpha value is -1.38. The molecule has 0 aliphatic carbocycles. The number of hydrogen-bond acceptors (Lipinski definition) is 15. The maximum absolute atomic E-state index is 3.64. The first-order valence-electron chi connectivity index (χ1n) is 23.1. The lowest BCUT2D eigenvalue weighted by atomic mass is 10.0. The summed E-state index contributed by atoms with van der Waals surface area (Å²) < 4.78 is 0. The standard InChI is InChI=1S/C24H45N7.C18H42N8.CH4/c1-4-25-10-13-31-14-11-26-5-2-8-29-20-23-16-22(19-28-7-1)17-24(18-23)21-30-9-3-6-27-12-15-31;1-2-20-8-14-26-17-11-23-5-3-21-9-15-25(13-7-19-1)16-10-22-4-6-24-12-18-26;/h16-18,25-30H,1-15,19-21H2;19-24H,1-18H2;1H4. The van der Waals surface area contributed by atoms with Crippen LogP contribution in [-0.2, 0) is 19.6 Å². The van der Waals surface area contributed by atoms with E-state index in [9.17, 15) is 0 Å². The average molecular weight is 818 g/mol. The first-order chi connectivity index (χ1) is 28.3. The van der Waals surface area contributed by atoms with E-state index in [1.165, 1.54) is 36.0 Å². The normalized spacial score (nSPS) is 25.9. The minimum absolute atomic E-state index is 0. The maximum atomic E-state index is 3.64. The second kappa shape index (κ2) is 36.3. The van der Waals surface area contributed by atoms with Crippen LogP contribution in [0.1, 0.15) is 43.4 Å². The van der Waals surface area contributed by atoms with Crippen molar-refractivity contribution in [3.05, 3.63) is 34.9 Å². The van der Waals surface area contributed by atoms with Crippen molar-refractivity contribution in [2.24, 2.45) is 0 Å². The van der Waals surface area contributed by atoms with Gasteiger partial charge < -0.3 is 63.8 Å². The average Bonchev–Trinajstić information content (AvgIpc) is 3.21. The third kappa shape index (κ3) is 26.7. The Morgan fingerprint density at radius 2 is 0.431 bits per heavy atom. The third-order valence-corrected chi connectivity index (χ3v) is 11.1. The smallest absolute Gasteiger partial charge is 0.0205 e. The Labute approximate surface area is 355 Å². The maximum Gasteiger partial charge on any atom is 0.0205 e. The molecule has 1 aromatic carbocycles. The fourth-order valence-corrected chi connectivity index (χ4v) is 7.66. The highest BCUT2D eigenvalue weighted by Crippen LogP contribution is 2.11. The van der Waals surface area contributed by atoms with Crippen molar-refractivity contribution in [2.75, 3.05) is 196 Å². The van der Waals surface area contributed by atoms with E-state index in [-0.39, 0.29) is 7.43 Å². The number of fused-ring (bicyclic) bond motifs is 42. The summed E-state index contributed by atoms with van der Waals surface area (Å²) in [5.41, 5.74) is 4.19. The van der Waals surface area contributed by atoms with Crippen LogP contribution < -0.4 is 63.8 Å². The number of hydrogen-bond donors (Lipinski definition) is 12. The van der Waals surface area contributed by atoms with Crippen molar-refractivity contribution in [3.8, 4) is 0 Å². The van der Waals surface area contributed by atoms with Crippen LogP contribution in [0, 0.1) is 0 Å². The summed E-state index contributed by atoms with van der Waals surface area (Å²) >= 11 is 0. The van der Waals surface area contributed by atoms with Crippen molar-refractivity contribution in [1.82, 2.24) is 78.5 Å². The van der Waals surface area contributed by atoms with E-state index in [0.29, 0.717) is 0 Å². The van der Waals surface area contributed by atoms with Crippen molar-refractivity contribution in [2.45, 2.75) is 46.3 Å². The van der Waals surface area contributed by atoms with E-state index in [1.54, 1.807) is 0 Å². The predicted molar refractivity (Wildman–Crippen MR) is 247 cm³/mol. The highest BCUT2D eigenvalue weighted by molar-refractivity contribution is 5.30. The minimum atomic E-state index is 0. The van der Waals surface area contributed by atoms with Gasteiger partial charge in [0.1, 0.15) is 0 Å². The van der Waals surface area contributed by atoms with E-state index in [0.717, 1.165) is 216 Å². The van der Waals surface area contributed by atoms with Gasteiger partial charge in [-0.15, -0.1) is 0 Å². The molecule has 6 heterocycles. The third-order valence-electron chi connectivity index (χ3n) is 11.1. The zero-order valence-electron chi connectivity index (χ0n) is 36.0. The summed E-state index contributed by atoms with van der Waals surface area (Å²) in [7, 11) is 0. The molecule has 6 bridgehead atoms. The van der Waals surface area contributed by atoms with Crippen LogP contribution in [0.3, 0.4) is 0 Å². The molecule has 1 aromatic rings. The summed E-state index contributed by atoms with van der Waals surface area (Å²) in [5.74, 6) is 0. The van der Waals surface area contributed by atoms with Crippen molar-refractivity contribution in [1.29, 1.82) is 0 Å². The van der Waals surface area contributed by atoms with Gasteiger partial charge in [0.2, 0.25) is 0 Å². The second-order valence-corrected chi connectivity index (χ2v) is 16.0. The highest BCUT2D eigenvalue weighted by atomic mass is 15.2. The summed E-state index contributed by atoms with van der Waals surface area (Å²) in [6.45, 7) is 35.2. The van der Waals surface area contributed by atoms with Crippen LogP contribution in [0.4, 0.5) is 0 Å². The summed E-state index contributed by atoms with van der Waals surface area (Å²) in [5, 5.41) is 43.3. The van der Waals surface area contributed by atoms with E-state index >= 15 is 0 Å². The molecule has 6 aliphatic rings. The Bertz CT molecular complexity index is 898. The van der Waals surface area contributed by atoms with Gasteiger partial charge in [0, 0.05) is 177 Å². The molecule has 0 amide bonds. The van der Waals surface area contributed by atoms with Crippen molar-refractivity contribution in [3.63, 3.8) is 0 Å². The molecule has 58 heavy (non-hydrogen) atoms. The number of nitrogens with zero attached hydrogens (tertiary/aromatic N) is 3. The quantitative estimate of drug-likeness (QED) is 0.140. The Kier molecular flexibility index (Phi) is 31.9. The molecule has 338 valence electrons. The zero-order valence-corrected chi connectivity index (χ0v) is 36.0. The van der Waals surface area contributed by atoms with Crippen LogP contribution in [0.2, 0.25) is 0 Å². The first-order valence-corrected chi connectivity index (χ1v) is 23.1. The fraction of sp³-hybridized carbons (Fsp3) is 0.860. The van der Waals surface area contributed by atoms with Gasteiger partial charge in [-0.1, -0.05) is 25.6 Å². The molecular formula is C43H91N15. The molecule has 3 saturated heterocycles. The predicted octanol–water partition coefficient (Wildman–Crippen LogP) is -1.99. The molecule has 0 spiro atoms. The monoisotopic (exact) mass is 818 g/mol. The molecule has 15 nitrogen and oxygen atoms in total. The molecule has 7 rings (SSSR count). The summed E-state index contributed by atoms with van der Waals surface area (Å²) in [6.07, 6.45) is 3.50. The van der Waals surface area contributed by atoms with Crippen LogP contribution in [0.15, 0.2) is 18.2 Å². The molecule has 12 N–H and O–H groups in total. The lowest BCUT2D eigenvalue weighted by Crippen LogP contribution is -2.45. The van der Waals surface area contributed by atoms with E-state index < -0.39 is 0 Å².